The predicted octanol–water partition coefficient (Wildman–Crippen LogP) is 4.14. The molecule has 1 N–H and O–H groups in total. The van der Waals surface area contributed by atoms with Crippen LogP contribution in [-0.4, -0.2) is 17.3 Å². The Hall–Kier alpha value is -1.54. The van der Waals surface area contributed by atoms with Gasteiger partial charge in [0.1, 0.15) is 5.75 Å². The molecule has 108 valence electrons. The topological polar surface area (TPSA) is 32.8 Å². The zero-order valence-corrected chi connectivity index (χ0v) is 12.4. The smallest absolute Gasteiger partial charge is 0.116 e. The maximum Gasteiger partial charge on any atom is 0.116 e. The molecule has 2 aromatic rings. The van der Waals surface area contributed by atoms with Crippen LogP contribution in [0.25, 0.3) is 10.8 Å². The van der Waals surface area contributed by atoms with E-state index in [1.807, 2.05) is 12.1 Å². The Labute approximate surface area is 124 Å². The summed E-state index contributed by atoms with van der Waals surface area (Å²) in [5.41, 5.74) is 3.56. The van der Waals surface area contributed by atoms with Crippen LogP contribution in [0.4, 0.5) is 0 Å². The molecular formula is C19H20O2. The van der Waals surface area contributed by atoms with Gasteiger partial charge in [-0.25, -0.2) is 0 Å². The van der Waals surface area contributed by atoms with Crippen molar-refractivity contribution in [2.45, 2.75) is 44.1 Å². The van der Waals surface area contributed by atoms with Crippen molar-refractivity contribution >= 4 is 10.8 Å². The van der Waals surface area contributed by atoms with Crippen LogP contribution < -0.4 is 0 Å². The number of epoxide rings is 1. The van der Waals surface area contributed by atoms with Gasteiger partial charge in [-0.3, -0.25) is 0 Å². The van der Waals surface area contributed by atoms with E-state index in [9.17, 15) is 5.11 Å². The van der Waals surface area contributed by atoms with Gasteiger partial charge in [-0.05, 0) is 65.6 Å². The van der Waals surface area contributed by atoms with Crippen LogP contribution in [0.1, 0.15) is 43.2 Å². The van der Waals surface area contributed by atoms with Gasteiger partial charge in [0.25, 0.3) is 0 Å². The van der Waals surface area contributed by atoms with Crippen LogP contribution in [0.2, 0.25) is 0 Å². The highest BCUT2D eigenvalue weighted by Gasteiger charge is 2.66. The van der Waals surface area contributed by atoms with E-state index in [0.717, 1.165) is 18.4 Å². The first-order valence-electron chi connectivity index (χ1n) is 8.01. The van der Waals surface area contributed by atoms with Crippen molar-refractivity contribution in [2.24, 2.45) is 5.41 Å². The van der Waals surface area contributed by atoms with Crippen molar-refractivity contribution in [3.63, 3.8) is 0 Å². The lowest BCUT2D eigenvalue weighted by atomic mass is 9.63. The third kappa shape index (κ3) is 1.37. The average molecular weight is 280 g/mol. The summed E-state index contributed by atoms with van der Waals surface area (Å²) in [6.07, 6.45) is 4.84. The molecular weight excluding hydrogens is 260 g/mol. The number of rotatable bonds is 0. The predicted molar refractivity (Wildman–Crippen MR) is 82.7 cm³/mol. The molecule has 1 unspecified atom stereocenters. The van der Waals surface area contributed by atoms with Crippen molar-refractivity contribution in [1.29, 1.82) is 0 Å². The van der Waals surface area contributed by atoms with E-state index < -0.39 is 0 Å². The second-order valence-electron chi connectivity index (χ2n) is 7.33. The first-order valence-corrected chi connectivity index (χ1v) is 8.01. The number of aromatic hydroxyl groups is 1. The highest BCUT2D eigenvalue weighted by molar-refractivity contribution is 5.88. The third-order valence-corrected chi connectivity index (χ3v) is 6.56. The normalized spacial score (nSPS) is 36.7. The molecule has 0 radical (unpaired) electrons. The van der Waals surface area contributed by atoms with E-state index in [-0.39, 0.29) is 5.60 Å². The van der Waals surface area contributed by atoms with E-state index in [1.165, 1.54) is 35.8 Å². The lowest BCUT2D eigenvalue weighted by Gasteiger charge is -2.41. The van der Waals surface area contributed by atoms with E-state index in [4.69, 9.17) is 4.74 Å². The monoisotopic (exact) mass is 280 g/mol. The second kappa shape index (κ2) is 3.61. The summed E-state index contributed by atoms with van der Waals surface area (Å²) in [4.78, 5) is 0. The molecule has 2 fully saturated rings. The van der Waals surface area contributed by atoms with Gasteiger partial charge in [0.2, 0.25) is 0 Å². The van der Waals surface area contributed by atoms with Crippen molar-refractivity contribution < 1.29 is 9.84 Å². The highest BCUT2D eigenvalue weighted by Crippen LogP contribution is 2.66. The fourth-order valence-electron chi connectivity index (χ4n) is 5.15. The Morgan fingerprint density at radius 1 is 1.19 bits per heavy atom. The fraction of sp³-hybridized carbons (Fsp3) is 0.474. The molecule has 1 heterocycles. The fourth-order valence-corrected chi connectivity index (χ4v) is 5.15. The lowest BCUT2D eigenvalue weighted by Crippen LogP contribution is -2.37. The molecule has 0 bridgehead atoms. The van der Waals surface area contributed by atoms with Crippen molar-refractivity contribution in [3.05, 3.63) is 41.5 Å². The molecule has 1 saturated carbocycles. The minimum atomic E-state index is 0.194. The van der Waals surface area contributed by atoms with Gasteiger partial charge in [-0.2, -0.15) is 0 Å². The molecule has 2 aromatic carbocycles. The molecule has 3 atom stereocenters. The summed E-state index contributed by atoms with van der Waals surface area (Å²) >= 11 is 0. The molecule has 1 aliphatic heterocycles. The summed E-state index contributed by atoms with van der Waals surface area (Å²) in [6.45, 7) is 3.42. The van der Waals surface area contributed by atoms with Crippen LogP contribution >= 0.6 is 0 Å². The van der Waals surface area contributed by atoms with E-state index in [2.05, 4.69) is 25.1 Å². The van der Waals surface area contributed by atoms with Crippen LogP contribution in [-0.2, 0) is 11.2 Å². The summed E-state index contributed by atoms with van der Waals surface area (Å²) in [5.74, 6) is 0.997. The minimum Gasteiger partial charge on any atom is -0.508 e. The maximum atomic E-state index is 9.69. The van der Waals surface area contributed by atoms with Crippen LogP contribution in [0.3, 0.4) is 0 Å². The number of fused-ring (bicyclic) bond motifs is 6. The number of hydrogen-bond donors (Lipinski definition) is 1. The van der Waals surface area contributed by atoms with Gasteiger partial charge in [-0.1, -0.05) is 25.1 Å². The zero-order chi connectivity index (χ0) is 14.2. The van der Waals surface area contributed by atoms with Crippen molar-refractivity contribution in [3.8, 4) is 5.75 Å². The number of hydrogen-bond acceptors (Lipinski definition) is 2. The van der Waals surface area contributed by atoms with E-state index >= 15 is 0 Å². The molecule has 5 rings (SSSR count). The molecule has 1 spiro atoms. The van der Waals surface area contributed by atoms with Crippen LogP contribution in [0, 0.1) is 5.41 Å². The standard InChI is InChI=1S/C19H20O2/c1-18-8-6-15-14-5-3-13(20)10-12(14)2-4-16(15)17(18)7-9-19(18)11-21-19/h2-5,10,17,20H,6-9,11H2,1H3/t17-,18-,19?/m0/s1. The van der Waals surface area contributed by atoms with Gasteiger partial charge >= 0.3 is 0 Å². The maximum absolute atomic E-state index is 9.69. The summed E-state index contributed by atoms with van der Waals surface area (Å²) in [6, 6.07) is 10.3. The molecule has 2 aliphatic carbocycles. The molecule has 2 heteroatoms. The number of phenolic OH excluding ortho intramolecular Hbond substituents is 1. The quantitative estimate of drug-likeness (QED) is 0.735. The van der Waals surface area contributed by atoms with Crippen LogP contribution in [0.5, 0.6) is 5.75 Å². The minimum absolute atomic E-state index is 0.194. The average Bonchev–Trinajstić information content (AvgIpc) is 3.20. The molecule has 21 heavy (non-hydrogen) atoms. The highest BCUT2D eigenvalue weighted by atomic mass is 16.6. The number of phenols is 1. The van der Waals surface area contributed by atoms with Crippen molar-refractivity contribution in [2.75, 3.05) is 6.61 Å². The summed E-state index contributed by atoms with van der Waals surface area (Å²) in [5, 5.41) is 12.2. The zero-order valence-electron chi connectivity index (χ0n) is 12.4. The van der Waals surface area contributed by atoms with Gasteiger partial charge in [-0.15, -0.1) is 0 Å². The van der Waals surface area contributed by atoms with Crippen molar-refractivity contribution in [1.82, 2.24) is 0 Å². The van der Waals surface area contributed by atoms with Gasteiger partial charge < -0.3 is 9.84 Å². The lowest BCUT2D eigenvalue weighted by molar-refractivity contribution is 0.120. The van der Waals surface area contributed by atoms with Crippen LogP contribution in [0.15, 0.2) is 30.3 Å². The van der Waals surface area contributed by atoms with Gasteiger partial charge in [0, 0.05) is 5.41 Å². The Morgan fingerprint density at radius 3 is 2.86 bits per heavy atom. The Morgan fingerprint density at radius 2 is 2.05 bits per heavy atom. The molecule has 1 saturated heterocycles. The molecule has 0 amide bonds. The first kappa shape index (κ1) is 12.0. The van der Waals surface area contributed by atoms with E-state index in [1.54, 1.807) is 0 Å². The van der Waals surface area contributed by atoms with Gasteiger partial charge in [0.15, 0.2) is 0 Å². The largest absolute Gasteiger partial charge is 0.508 e. The molecule has 0 aromatic heterocycles. The number of aryl methyl sites for hydroxylation is 1. The molecule has 3 aliphatic rings. The Balaban J connectivity index is 1.72. The second-order valence-corrected chi connectivity index (χ2v) is 7.33. The van der Waals surface area contributed by atoms with Gasteiger partial charge in [0.05, 0.1) is 12.2 Å². The molecule has 2 nitrogen and oxygen atoms in total. The summed E-state index contributed by atoms with van der Waals surface area (Å²) < 4.78 is 5.91. The van der Waals surface area contributed by atoms with E-state index in [0.29, 0.717) is 17.1 Å². The Bertz CT molecular complexity index is 759. The first-order chi connectivity index (χ1) is 10.1. The Kier molecular flexibility index (Phi) is 2.07. The third-order valence-electron chi connectivity index (χ3n) is 6.56. The number of ether oxygens (including phenoxy) is 1. The SMILES string of the molecule is C[C@]12CCc3c(ccc4cc(O)ccc34)[C@@H]1CCC21CO1. The summed E-state index contributed by atoms with van der Waals surface area (Å²) in [7, 11) is 0. The number of benzene rings is 2.